The summed E-state index contributed by atoms with van der Waals surface area (Å²) in [5, 5.41) is 0. The SMILES string of the molecule is CCCN1C2CCC1CC(c1ccc(N(C)C)cc1)=C(COc1ccc3c(c1)C(=O)CC3)C2. The second-order valence-corrected chi connectivity index (χ2v) is 10.1. The van der Waals surface area contributed by atoms with Crippen LogP contribution in [0.1, 0.15) is 66.9 Å². The molecule has 33 heavy (non-hydrogen) atoms. The first kappa shape index (κ1) is 22.2. The number of aryl methyl sites for hydroxylation is 1. The molecule has 0 radical (unpaired) electrons. The molecule has 0 saturated carbocycles. The van der Waals surface area contributed by atoms with E-state index in [0.29, 0.717) is 25.1 Å². The minimum Gasteiger partial charge on any atom is -0.489 e. The molecule has 2 atom stereocenters. The van der Waals surface area contributed by atoms with Gasteiger partial charge < -0.3 is 9.64 Å². The first-order valence-corrected chi connectivity index (χ1v) is 12.6. The second-order valence-electron chi connectivity index (χ2n) is 10.1. The Balaban J connectivity index is 1.44. The smallest absolute Gasteiger partial charge is 0.163 e. The molecule has 1 fully saturated rings. The van der Waals surface area contributed by atoms with E-state index in [1.807, 2.05) is 12.1 Å². The molecule has 0 spiro atoms. The van der Waals surface area contributed by atoms with Crippen LogP contribution in [0.3, 0.4) is 0 Å². The first-order valence-electron chi connectivity index (χ1n) is 12.6. The van der Waals surface area contributed by atoms with Crippen LogP contribution in [0.5, 0.6) is 5.75 Å². The van der Waals surface area contributed by atoms with Gasteiger partial charge in [-0.2, -0.15) is 0 Å². The van der Waals surface area contributed by atoms with Gasteiger partial charge in [-0.15, -0.1) is 0 Å². The third-order valence-corrected chi connectivity index (χ3v) is 7.75. The van der Waals surface area contributed by atoms with Crippen molar-refractivity contribution in [3.05, 3.63) is 64.7 Å². The van der Waals surface area contributed by atoms with Crippen molar-refractivity contribution < 1.29 is 9.53 Å². The molecule has 0 aromatic heterocycles. The van der Waals surface area contributed by atoms with E-state index in [4.69, 9.17) is 4.74 Å². The largest absolute Gasteiger partial charge is 0.489 e. The van der Waals surface area contributed by atoms with E-state index in [0.717, 1.165) is 36.1 Å². The van der Waals surface area contributed by atoms with Gasteiger partial charge in [-0.25, -0.2) is 0 Å². The van der Waals surface area contributed by atoms with Crippen LogP contribution in [-0.4, -0.2) is 50.0 Å². The van der Waals surface area contributed by atoms with Gasteiger partial charge >= 0.3 is 0 Å². The Kier molecular flexibility index (Phi) is 6.29. The Morgan fingerprint density at radius 3 is 2.48 bits per heavy atom. The lowest BCUT2D eigenvalue weighted by Crippen LogP contribution is -2.35. The lowest BCUT2D eigenvalue weighted by Gasteiger charge is -2.27. The predicted octanol–water partition coefficient (Wildman–Crippen LogP) is 5.75. The van der Waals surface area contributed by atoms with Crippen LogP contribution in [0.25, 0.3) is 5.57 Å². The number of anilines is 1. The third kappa shape index (κ3) is 4.46. The number of ether oxygens (including phenoxy) is 1. The highest BCUT2D eigenvalue weighted by atomic mass is 16.5. The number of fused-ring (bicyclic) bond motifs is 3. The standard InChI is InChI=1S/C29H36N2O2/c1-4-15-31-24-11-12-25(31)17-27(20-5-9-23(10-6-20)30(2)3)22(16-24)19-33-26-13-7-21-8-14-29(32)28(21)18-26/h5-7,9-10,13,18,24-25H,4,8,11-12,14-17,19H2,1-3H3. The van der Waals surface area contributed by atoms with Crippen LogP contribution in [0.2, 0.25) is 0 Å². The monoisotopic (exact) mass is 444 g/mol. The summed E-state index contributed by atoms with van der Waals surface area (Å²) in [6.07, 6.45) is 7.45. The Labute approximate surface area is 198 Å². The summed E-state index contributed by atoms with van der Waals surface area (Å²) in [7, 11) is 4.17. The fourth-order valence-corrected chi connectivity index (χ4v) is 5.97. The van der Waals surface area contributed by atoms with E-state index in [9.17, 15) is 4.79 Å². The second kappa shape index (κ2) is 9.34. The van der Waals surface area contributed by atoms with Crippen LogP contribution in [0.4, 0.5) is 5.69 Å². The first-order chi connectivity index (χ1) is 16.0. The maximum atomic E-state index is 12.2. The zero-order valence-electron chi connectivity index (χ0n) is 20.3. The van der Waals surface area contributed by atoms with Crippen molar-refractivity contribution in [1.82, 2.24) is 4.90 Å². The number of hydrogen-bond donors (Lipinski definition) is 0. The summed E-state index contributed by atoms with van der Waals surface area (Å²) in [6.45, 7) is 4.07. The van der Waals surface area contributed by atoms with Crippen LogP contribution < -0.4 is 9.64 Å². The van der Waals surface area contributed by atoms with Crippen molar-refractivity contribution in [2.24, 2.45) is 0 Å². The minimum absolute atomic E-state index is 0.248. The molecule has 3 aliphatic rings. The van der Waals surface area contributed by atoms with E-state index < -0.39 is 0 Å². The highest BCUT2D eigenvalue weighted by Crippen LogP contribution is 2.41. The van der Waals surface area contributed by atoms with Crippen molar-refractivity contribution in [3.8, 4) is 5.75 Å². The Bertz CT molecular complexity index is 1050. The maximum absolute atomic E-state index is 12.2. The van der Waals surface area contributed by atoms with Crippen LogP contribution >= 0.6 is 0 Å². The van der Waals surface area contributed by atoms with Gasteiger partial charge in [0.15, 0.2) is 5.78 Å². The van der Waals surface area contributed by atoms with Crippen molar-refractivity contribution in [2.75, 3.05) is 32.1 Å². The van der Waals surface area contributed by atoms with Gasteiger partial charge in [0.25, 0.3) is 0 Å². The molecule has 2 aromatic rings. The van der Waals surface area contributed by atoms with Gasteiger partial charge in [-0.1, -0.05) is 25.1 Å². The van der Waals surface area contributed by atoms with E-state index in [1.165, 1.54) is 48.2 Å². The molecule has 2 heterocycles. The third-order valence-electron chi connectivity index (χ3n) is 7.75. The summed E-state index contributed by atoms with van der Waals surface area (Å²) >= 11 is 0. The molecule has 4 nitrogen and oxygen atoms in total. The Morgan fingerprint density at radius 2 is 1.76 bits per heavy atom. The van der Waals surface area contributed by atoms with E-state index in [2.05, 4.69) is 61.2 Å². The fourth-order valence-electron chi connectivity index (χ4n) is 5.97. The van der Waals surface area contributed by atoms with Gasteiger partial charge in [-0.3, -0.25) is 9.69 Å². The Morgan fingerprint density at radius 1 is 1.00 bits per heavy atom. The van der Waals surface area contributed by atoms with Crippen LogP contribution in [0, 0.1) is 0 Å². The molecule has 1 aliphatic carbocycles. The van der Waals surface area contributed by atoms with E-state index in [1.54, 1.807) is 0 Å². The summed E-state index contributed by atoms with van der Waals surface area (Å²) in [6, 6.07) is 16.3. The highest BCUT2D eigenvalue weighted by Gasteiger charge is 2.37. The molecule has 2 bridgehead atoms. The molecule has 5 rings (SSSR count). The van der Waals surface area contributed by atoms with Crippen molar-refractivity contribution >= 4 is 17.0 Å². The number of ketones is 1. The number of benzene rings is 2. The fraction of sp³-hybridized carbons (Fsp3) is 0.483. The molecule has 4 heteroatoms. The average Bonchev–Trinajstić information content (AvgIpc) is 3.32. The highest BCUT2D eigenvalue weighted by molar-refractivity contribution is 6.00. The summed E-state index contributed by atoms with van der Waals surface area (Å²) < 4.78 is 6.35. The molecule has 0 amide bonds. The van der Waals surface area contributed by atoms with Gasteiger partial charge in [0.05, 0.1) is 0 Å². The molecular weight excluding hydrogens is 408 g/mol. The molecule has 2 aliphatic heterocycles. The molecule has 1 saturated heterocycles. The topological polar surface area (TPSA) is 32.8 Å². The van der Waals surface area contributed by atoms with Crippen LogP contribution in [0.15, 0.2) is 48.0 Å². The van der Waals surface area contributed by atoms with Gasteiger partial charge in [-0.05, 0) is 91.6 Å². The molecule has 174 valence electrons. The van der Waals surface area contributed by atoms with Gasteiger partial charge in [0.2, 0.25) is 0 Å². The number of carbonyl (C=O) groups excluding carboxylic acids is 1. The van der Waals surface area contributed by atoms with Crippen molar-refractivity contribution in [2.45, 2.75) is 64.0 Å². The molecule has 2 unspecified atom stereocenters. The van der Waals surface area contributed by atoms with Crippen molar-refractivity contribution in [1.29, 1.82) is 0 Å². The van der Waals surface area contributed by atoms with Gasteiger partial charge in [0.1, 0.15) is 12.4 Å². The number of Topliss-reactive ketones (excluding diaryl/α,β-unsaturated/α-hetero) is 1. The summed E-state index contributed by atoms with van der Waals surface area (Å²) in [4.78, 5) is 17.1. The average molecular weight is 445 g/mol. The zero-order valence-corrected chi connectivity index (χ0v) is 20.3. The maximum Gasteiger partial charge on any atom is 0.163 e. The predicted molar refractivity (Wildman–Crippen MR) is 135 cm³/mol. The van der Waals surface area contributed by atoms with Crippen molar-refractivity contribution in [3.63, 3.8) is 0 Å². The number of carbonyl (C=O) groups is 1. The summed E-state index contributed by atoms with van der Waals surface area (Å²) in [5.74, 6) is 1.07. The zero-order chi connectivity index (χ0) is 22.9. The quantitative estimate of drug-likeness (QED) is 0.544. The van der Waals surface area contributed by atoms with Gasteiger partial charge in [0, 0.05) is 43.9 Å². The molecule has 0 N–H and O–H groups in total. The lowest BCUT2D eigenvalue weighted by molar-refractivity contribution is 0.0994. The number of nitrogens with zero attached hydrogens (tertiary/aromatic N) is 2. The Hall–Kier alpha value is -2.59. The van der Waals surface area contributed by atoms with E-state index in [-0.39, 0.29) is 5.78 Å². The number of rotatable bonds is 7. The van der Waals surface area contributed by atoms with Crippen LogP contribution in [-0.2, 0) is 6.42 Å². The summed E-state index contributed by atoms with van der Waals surface area (Å²) in [5.41, 5.74) is 7.46. The van der Waals surface area contributed by atoms with E-state index >= 15 is 0 Å². The number of hydrogen-bond acceptors (Lipinski definition) is 4. The minimum atomic E-state index is 0.248. The molecular formula is C29H36N2O2. The lowest BCUT2D eigenvalue weighted by atomic mass is 9.89. The normalized spacial score (nSPS) is 22.5. The molecule has 2 aromatic carbocycles.